The zero-order valence-corrected chi connectivity index (χ0v) is 39.8. The lowest BCUT2D eigenvalue weighted by molar-refractivity contribution is -0.161. The molecule has 346 valence electrons. The zero-order valence-electron chi connectivity index (χ0n) is 38.9. The van der Waals surface area contributed by atoms with Gasteiger partial charge in [0.15, 0.2) is 6.10 Å². The third kappa shape index (κ3) is 24.9. The van der Waals surface area contributed by atoms with Crippen LogP contribution in [0.2, 0.25) is 0 Å². The number of rotatable bonds is 38. The van der Waals surface area contributed by atoms with Gasteiger partial charge in [0.2, 0.25) is 0 Å². The van der Waals surface area contributed by atoms with Gasteiger partial charge in [-0.2, -0.15) is 0 Å². The molecule has 0 amide bonds. The van der Waals surface area contributed by atoms with Gasteiger partial charge in [0.25, 0.3) is 0 Å². The lowest BCUT2D eigenvalue weighted by atomic mass is 10.0. The third-order valence-corrected chi connectivity index (χ3v) is 12.2. The molecule has 0 bridgehead atoms. The summed E-state index contributed by atoms with van der Waals surface area (Å²) in [5, 5.41) is 0. The Morgan fingerprint density at radius 1 is 0.633 bits per heavy atom. The molecular weight excluding hydrogens is 781 g/mol. The molecule has 12 heteroatoms. The van der Waals surface area contributed by atoms with Crippen molar-refractivity contribution in [2.45, 2.75) is 208 Å². The Balaban J connectivity index is 1.60. The number of esters is 2. The number of aryl methyl sites for hydroxylation is 5. The van der Waals surface area contributed by atoms with E-state index in [4.69, 9.17) is 27.4 Å². The van der Waals surface area contributed by atoms with Crippen molar-refractivity contribution in [2.75, 3.05) is 40.5 Å². The summed E-state index contributed by atoms with van der Waals surface area (Å²) >= 11 is 0. The van der Waals surface area contributed by atoms with Crippen LogP contribution in [0, 0.1) is 20.8 Å². The maximum atomic E-state index is 12.8. The average molecular weight is 866 g/mol. The number of ether oxygens (including phenoxy) is 2. The van der Waals surface area contributed by atoms with Gasteiger partial charge in [-0.3, -0.25) is 18.6 Å². The van der Waals surface area contributed by atoms with E-state index in [1.54, 1.807) is 0 Å². The smallest absolute Gasteiger partial charge is 0.466 e. The van der Waals surface area contributed by atoms with Crippen LogP contribution in [-0.2, 0) is 58.4 Å². The molecule has 2 rings (SSSR count). The number of carbonyl (C=O) groups is 2. The number of phosphoric acid groups is 1. The highest BCUT2D eigenvalue weighted by Crippen LogP contribution is 2.43. The molecule has 2 aromatic heterocycles. The van der Waals surface area contributed by atoms with Gasteiger partial charge in [0.1, 0.15) is 29.6 Å². The molecule has 2 atom stereocenters. The van der Waals surface area contributed by atoms with Gasteiger partial charge < -0.3 is 28.1 Å². The molecule has 0 saturated carbocycles. The van der Waals surface area contributed by atoms with E-state index >= 15 is 0 Å². The summed E-state index contributed by atoms with van der Waals surface area (Å²) in [6.45, 7) is 10.6. The monoisotopic (exact) mass is 866 g/mol. The molecule has 60 heavy (non-hydrogen) atoms. The van der Waals surface area contributed by atoms with Gasteiger partial charge in [0, 0.05) is 45.1 Å². The second-order valence-electron chi connectivity index (χ2n) is 17.1. The highest BCUT2D eigenvalue weighted by Gasteiger charge is 2.26. The van der Waals surface area contributed by atoms with E-state index < -0.39 is 26.5 Å². The first kappa shape index (κ1) is 53.7. The zero-order chi connectivity index (χ0) is 44.0. The lowest BCUT2D eigenvalue weighted by Gasteiger charge is -2.20. The van der Waals surface area contributed by atoms with Gasteiger partial charge in [-0.25, -0.2) is 4.57 Å². The Morgan fingerprint density at radius 2 is 1.15 bits per heavy atom. The molecule has 0 aliphatic heterocycles. The molecule has 0 radical (unpaired) electrons. The van der Waals surface area contributed by atoms with E-state index in [2.05, 4.69) is 40.7 Å². The number of carbonyl (C=O) groups excluding carboxylic acids is 2. The molecule has 1 unspecified atom stereocenters. The Labute approximate surface area is 364 Å². The van der Waals surface area contributed by atoms with Crippen LogP contribution in [0.3, 0.4) is 0 Å². The first-order valence-corrected chi connectivity index (χ1v) is 25.1. The van der Waals surface area contributed by atoms with Gasteiger partial charge in [-0.15, -0.1) is 0 Å². The summed E-state index contributed by atoms with van der Waals surface area (Å²) in [7, 11) is -0.745. The minimum absolute atomic E-state index is 0.00481. The van der Waals surface area contributed by atoms with Crippen molar-refractivity contribution in [1.29, 1.82) is 0 Å². The second-order valence-corrected chi connectivity index (χ2v) is 18.5. The number of unbranched alkanes of at least 4 members (excludes halogenated alkanes) is 16. The van der Waals surface area contributed by atoms with Crippen LogP contribution in [-0.4, -0.2) is 68.3 Å². The minimum Gasteiger partial charge on any atom is -0.466 e. The van der Waals surface area contributed by atoms with Crippen LogP contribution >= 0.6 is 7.82 Å². The van der Waals surface area contributed by atoms with Gasteiger partial charge in [-0.1, -0.05) is 104 Å². The molecule has 2 heterocycles. The second kappa shape index (κ2) is 32.3. The van der Waals surface area contributed by atoms with E-state index in [-0.39, 0.29) is 32.0 Å². The van der Waals surface area contributed by atoms with Crippen molar-refractivity contribution in [3.8, 4) is 0 Å². The molecule has 2 aromatic rings. The molecule has 11 nitrogen and oxygen atoms in total. The highest BCUT2D eigenvalue weighted by atomic mass is 31.2. The van der Waals surface area contributed by atoms with Crippen LogP contribution in [0.25, 0.3) is 0 Å². The molecule has 0 spiro atoms. The van der Waals surface area contributed by atoms with Gasteiger partial charge in [0.05, 0.1) is 13.2 Å². The van der Waals surface area contributed by atoms with E-state index in [0.29, 0.717) is 13.0 Å². The predicted octanol–water partition coefficient (Wildman–Crippen LogP) is 12.4. The van der Waals surface area contributed by atoms with Crippen LogP contribution in [0.5, 0.6) is 0 Å². The van der Waals surface area contributed by atoms with Crippen LogP contribution in [0.4, 0.5) is 0 Å². The van der Waals surface area contributed by atoms with Gasteiger partial charge >= 0.3 is 19.8 Å². The topological polar surface area (TPSA) is 138 Å². The largest absolute Gasteiger partial charge is 0.472 e. The van der Waals surface area contributed by atoms with E-state index in [1.807, 2.05) is 19.0 Å². The van der Waals surface area contributed by atoms with Crippen molar-refractivity contribution in [2.24, 2.45) is 0 Å². The SMILES string of the molecule is CCCCCc1cc(C)c(CCCCCCCCCCCCC(=O)OC[C@H](COP(=O)(O)OCCN(C)C)OC(=O)CCCCCCCCc2oc(CCC)c(C)c2C)o1. The number of hydrogen-bond donors (Lipinski definition) is 1. The van der Waals surface area contributed by atoms with Crippen molar-refractivity contribution in [1.82, 2.24) is 4.90 Å². The molecule has 0 fully saturated rings. The molecule has 1 N–H and O–H groups in total. The van der Waals surface area contributed by atoms with Crippen molar-refractivity contribution in [3.05, 3.63) is 45.8 Å². The average Bonchev–Trinajstić information content (AvgIpc) is 3.69. The Bertz CT molecular complexity index is 1480. The standard InChI is InChI=1S/C48H84NO10P/c1-8-10-23-29-42-36-39(3)44(57-42)30-24-19-15-13-11-12-14-16-21-26-32-47(50)54-37-43(38-56-60(52,53)55-35-34-49(6)7)58-48(51)33-27-22-18-17-20-25-31-46-41(5)40(4)45(59-46)28-9-2/h36,43H,8-35,37-38H2,1-7H3,(H,52,53)/t43-/m1/s1. The maximum absolute atomic E-state index is 12.8. The quantitative estimate of drug-likeness (QED) is 0.0392. The number of phosphoric ester groups is 1. The Hall–Kier alpha value is -2.43. The van der Waals surface area contributed by atoms with Gasteiger partial charge in [-0.05, 0) is 96.1 Å². The molecule has 0 aliphatic rings. The van der Waals surface area contributed by atoms with Crippen LogP contribution < -0.4 is 0 Å². The fourth-order valence-electron chi connectivity index (χ4n) is 7.34. The summed E-state index contributed by atoms with van der Waals surface area (Å²) < 4.78 is 45.9. The molecule has 0 aromatic carbocycles. The third-order valence-electron chi connectivity index (χ3n) is 11.2. The van der Waals surface area contributed by atoms with E-state index in [0.717, 1.165) is 107 Å². The molecular formula is C48H84NO10P. The normalized spacial score (nSPS) is 13.2. The minimum atomic E-state index is -4.39. The lowest BCUT2D eigenvalue weighted by Crippen LogP contribution is -2.29. The Morgan fingerprint density at radius 3 is 1.72 bits per heavy atom. The Kier molecular flexibility index (Phi) is 28.9. The van der Waals surface area contributed by atoms with Crippen LogP contribution in [0.1, 0.15) is 195 Å². The summed E-state index contributed by atoms with van der Waals surface area (Å²) in [5.74, 6) is 3.71. The molecule has 0 saturated heterocycles. The fourth-order valence-corrected chi connectivity index (χ4v) is 8.08. The van der Waals surface area contributed by atoms with Crippen LogP contribution in [0.15, 0.2) is 14.9 Å². The first-order valence-electron chi connectivity index (χ1n) is 23.6. The van der Waals surface area contributed by atoms with E-state index in [1.165, 1.54) is 80.2 Å². The molecule has 0 aliphatic carbocycles. The summed E-state index contributed by atoms with van der Waals surface area (Å²) in [5.41, 5.74) is 3.87. The highest BCUT2D eigenvalue weighted by molar-refractivity contribution is 7.47. The van der Waals surface area contributed by atoms with Crippen molar-refractivity contribution in [3.63, 3.8) is 0 Å². The summed E-state index contributed by atoms with van der Waals surface area (Å²) in [4.78, 5) is 37.3. The first-order chi connectivity index (χ1) is 28.8. The predicted molar refractivity (Wildman–Crippen MR) is 240 cm³/mol. The number of nitrogens with zero attached hydrogens (tertiary/aromatic N) is 1. The van der Waals surface area contributed by atoms with Crippen molar-refractivity contribution >= 4 is 19.8 Å². The number of hydrogen-bond acceptors (Lipinski definition) is 10. The van der Waals surface area contributed by atoms with Crippen molar-refractivity contribution < 1.29 is 46.4 Å². The maximum Gasteiger partial charge on any atom is 0.472 e. The summed E-state index contributed by atoms with van der Waals surface area (Å²) in [6, 6.07) is 2.23. The number of furan rings is 2. The van der Waals surface area contributed by atoms with E-state index in [9.17, 15) is 19.0 Å². The summed E-state index contributed by atoms with van der Waals surface area (Å²) in [6.07, 6.45) is 25.3. The number of likely N-dealkylation sites (N-methyl/N-ethyl adjacent to an activating group) is 1. The fraction of sp³-hybridized carbons (Fsp3) is 0.792.